The third kappa shape index (κ3) is 9.02. The Balaban J connectivity index is 5.03. The van der Waals surface area contributed by atoms with Gasteiger partial charge in [0.05, 0.1) is 12.1 Å². The fourth-order valence-electron chi connectivity index (χ4n) is 3.35. The summed E-state index contributed by atoms with van der Waals surface area (Å²) in [4.78, 5) is 41.4. The molecule has 0 aromatic rings. The highest BCUT2D eigenvalue weighted by molar-refractivity contribution is 5.89. The van der Waals surface area contributed by atoms with Crippen LogP contribution in [0.5, 0.6) is 0 Å². The highest BCUT2D eigenvalue weighted by Gasteiger charge is 2.29. The Hall–Kier alpha value is -1.63. The molecule has 0 saturated heterocycles. The Morgan fingerprint density at radius 2 is 1.63 bits per heavy atom. The zero-order chi connectivity index (χ0) is 23.5. The van der Waals surface area contributed by atoms with Crippen LogP contribution in [0.3, 0.4) is 0 Å². The van der Waals surface area contributed by atoms with E-state index in [9.17, 15) is 14.4 Å². The molecule has 0 aromatic carbocycles. The van der Waals surface area contributed by atoms with Gasteiger partial charge in [-0.3, -0.25) is 14.4 Å². The molecule has 2 N–H and O–H groups in total. The number of hydrogen-bond donors (Lipinski definition) is 2. The van der Waals surface area contributed by atoms with Crippen LogP contribution < -0.4 is 10.6 Å². The van der Waals surface area contributed by atoms with Gasteiger partial charge in [0, 0.05) is 32.1 Å². The lowest BCUT2D eigenvalue weighted by molar-refractivity contribution is -0.137. The number of carbonyl (C=O) groups excluding carboxylic acids is 3. The van der Waals surface area contributed by atoms with Gasteiger partial charge in [0.1, 0.15) is 0 Å². The minimum Gasteiger partial charge on any atom is -0.345 e. The zero-order valence-electron chi connectivity index (χ0n) is 20.8. The molecule has 0 rings (SSSR count). The van der Waals surface area contributed by atoms with Gasteiger partial charge in [-0.15, -0.1) is 0 Å². The van der Waals surface area contributed by atoms with Gasteiger partial charge >= 0.3 is 0 Å². The molecule has 0 fully saturated rings. The van der Waals surface area contributed by atoms with E-state index in [0.717, 1.165) is 25.8 Å². The Morgan fingerprint density at radius 3 is 2.10 bits per heavy atom. The Kier molecular flexibility index (Phi) is 12.9. The van der Waals surface area contributed by atoms with E-state index in [1.165, 1.54) is 0 Å². The molecule has 0 bridgehead atoms. The molecule has 3 amide bonds. The second kappa shape index (κ2) is 13.6. The molecule has 7 nitrogen and oxygen atoms in total. The van der Waals surface area contributed by atoms with Crippen molar-refractivity contribution in [3.05, 3.63) is 0 Å². The molecule has 0 aliphatic heterocycles. The van der Waals surface area contributed by atoms with Crippen molar-refractivity contribution in [2.24, 2.45) is 5.92 Å². The predicted octanol–water partition coefficient (Wildman–Crippen LogP) is 2.79. The third-order valence-corrected chi connectivity index (χ3v) is 6.13. The summed E-state index contributed by atoms with van der Waals surface area (Å²) in [6.07, 6.45) is 4.02. The summed E-state index contributed by atoms with van der Waals surface area (Å²) >= 11 is 0. The Labute approximate surface area is 184 Å². The predicted molar refractivity (Wildman–Crippen MR) is 123 cm³/mol. The van der Waals surface area contributed by atoms with E-state index < -0.39 is 5.54 Å². The molecule has 0 unspecified atom stereocenters. The SMILES string of the molecule is CCCCN(C(=O)CC[C@H]([C@@H](C)CC)N(C)C(=O)CNC(=O)C(C)(C)NC)C(C)C. The van der Waals surface area contributed by atoms with Crippen molar-refractivity contribution >= 4 is 17.7 Å². The summed E-state index contributed by atoms with van der Waals surface area (Å²) in [5.41, 5.74) is -0.736. The first-order chi connectivity index (χ1) is 13.9. The van der Waals surface area contributed by atoms with Crippen LogP contribution in [0.1, 0.15) is 80.6 Å². The lowest BCUT2D eigenvalue weighted by atomic mass is 9.93. The smallest absolute Gasteiger partial charge is 0.241 e. The molecule has 2 atom stereocenters. The number of rotatable bonds is 14. The number of hydrogen-bond acceptors (Lipinski definition) is 4. The molecular formula is C23H46N4O3. The number of nitrogens with one attached hydrogen (secondary N) is 2. The molecular weight excluding hydrogens is 380 g/mol. The lowest BCUT2D eigenvalue weighted by Gasteiger charge is -2.34. The monoisotopic (exact) mass is 426 g/mol. The number of likely N-dealkylation sites (N-methyl/N-ethyl adjacent to an activating group) is 2. The minimum atomic E-state index is -0.736. The molecule has 0 saturated carbocycles. The van der Waals surface area contributed by atoms with Crippen molar-refractivity contribution in [1.29, 1.82) is 0 Å². The molecule has 7 heteroatoms. The number of nitrogens with zero attached hydrogens (tertiary/aromatic N) is 2. The molecule has 0 aliphatic rings. The second-order valence-corrected chi connectivity index (χ2v) is 9.09. The molecule has 176 valence electrons. The maximum atomic E-state index is 12.8. The molecule has 0 aliphatic carbocycles. The van der Waals surface area contributed by atoms with E-state index in [1.807, 2.05) is 18.7 Å². The first-order valence-electron chi connectivity index (χ1n) is 11.4. The average Bonchev–Trinajstić information content (AvgIpc) is 2.71. The van der Waals surface area contributed by atoms with E-state index >= 15 is 0 Å². The van der Waals surface area contributed by atoms with Crippen molar-refractivity contribution in [1.82, 2.24) is 20.4 Å². The topological polar surface area (TPSA) is 81.8 Å². The van der Waals surface area contributed by atoms with E-state index in [0.29, 0.717) is 12.8 Å². The average molecular weight is 427 g/mol. The zero-order valence-corrected chi connectivity index (χ0v) is 20.8. The van der Waals surface area contributed by atoms with E-state index in [2.05, 4.69) is 31.4 Å². The van der Waals surface area contributed by atoms with E-state index in [1.54, 1.807) is 32.8 Å². The summed E-state index contributed by atoms with van der Waals surface area (Å²) in [5.74, 6) is 0.0567. The van der Waals surface area contributed by atoms with Gasteiger partial charge in [-0.2, -0.15) is 0 Å². The minimum absolute atomic E-state index is 0.0409. The van der Waals surface area contributed by atoms with Gasteiger partial charge < -0.3 is 20.4 Å². The fraction of sp³-hybridized carbons (Fsp3) is 0.870. The highest BCUT2D eigenvalue weighted by Crippen LogP contribution is 2.20. The van der Waals surface area contributed by atoms with Crippen molar-refractivity contribution in [3.63, 3.8) is 0 Å². The van der Waals surface area contributed by atoms with Gasteiger partial charge in [0.25, 0.3) is 0 Å². The number of unbranched alkanes of at least 4 members (excludes halogenated alkanes) is 1. The van der Waals surface area contributed by atoms with Crippen LogP contribution in [0.25, 0.3) is 0 Å². The van der Waals surface area contributed by atoms with Crippen molar-refractivity contribution < 1.29 is 14.4 Å². The summed E-state index contributed by atoms with van der Waals surface area (Å²) in [6, 6.07) is 0.136. The van der Waals surface area contributed by atoms with Crippen LogP contribution in [0.4, 0.5) is 0 Å². The normalized spacial score (nSPS) is 13.7. The largest absolute Gasteiger partial charge is 0.345 e. The van der Waals surface area contributed by atoms with Gasteiger partial charge in [-0.05, 0) is 53.5 Å². The van der Waals surface area contributed by atoms with Gasteiger partial charge in [0.2, 0.25) is 17.7 Å². The first kappa shape index (κ1) is 28.4. The van der Waals surface area contributed by atoms with Crippen LogP contribution in [-0.4, -0.2) is 72.3 Å². The fourth-order valence-corrected chi connectivity index (χ4v) is 3.35. The van der Waals surface area contributed by atoms with Crippen molar-refractivity contribution in [2.75, 3.05) is 27.2 Å². The van der Waals surface area contributed by atoms with Crippen LogP contribution >= 0.6 is 0 Å². The summed E-state index contributed by atoms with van der Waals surface area (Å²) in [6.45, 7) is 14.7. The van der Waals surface area contributed by atoms with E-state index in [-0.39, 0.29) is 42.3 Å². The summed E-state index contributed by atoms with van der Waals surface area (Å²) in [7, 11) is 3.49. The van der Waals surface area contributed by atoms with Gasteiger partial charge in [-0.25, -0.2) is 0 Å². The maximum Gasteiger partial charge on any atom is 0.241 e. The highest BCUT2D eigenvalue weighted by atomic mass is 16.2. The van der Waals surface area contributed by atoms with Gasteiger partial charge in [0.15, 0.2) is 0 Å². The van der Waals surface area contributed by atoms with Crippen molar-refractivity contribution in [2.45, 2.75) is 98.2 Å². The third-order valence-electron chi connectivity index (χ3n) is 6.13. The van der Waals surface area contributed by atoms with E-state index in [4.69, 9.17) is 0 Å². The summed E-state index contributed by atoms with van der Waals surface area (Å²) < 4.78 is 0. The molecule has 0 radical (unpaired) electrons. The Bertz CT molecular complexity index is 549. The second-order valence-electron chi connectivity index (χ2n) is 9.09. The molecule has 0 aromatic heterocycles. The van der Waals surface area contributed by atoms with Gasteiger partial charge in [-0.1, -0.05) is 33.6 Å². The van der Waals surface area contributed by atoms with Crippen molar-refractivity contribution in [3.8, 4) is 0 Å². The van der Waals surface area contributed by atoms with Crippen LogP contribution in [0.15, 0.2) is 0 Å². The molecule has 0 heterocycles. The van der Waals surface area contributed by atoms with Crippen LogP contribution in [0, 0.1) is 5.92 Å². The first-order valence-corrected chi connectivity index (χ1v) is 11.4. The number of amides is 3. The Morgan fingerprint density at radius 1 is 1.03 bits per heavy atom. The van der Waals surface area contributed by atoms with Crippen LogP contribution in [0.2, 0.25) is 0 Å². The molecule has 0 spiro atoms. The summed E-state index contributed by atoms with van der Waals surface area (Å²) in [5, 5.41) is 5.65. The van der Waals surface area contributed by atoms with Crippen LogP contribution in [-0.2, 0) is 14.4 Å². The lowest BCUT2D eigenvalue weighted by Crippen LogP contribution is -2.54. The standard InChI is InChI=1S/C23H46N4O3/c1-10-12-15-27(17(3)4)20(28)14-13-19(18(5)11-2)26(9)21(29)16-25-22(30)23(6,7)24-8/h17-19,24H,10-16H2,1-9H3,(H,25,30)/t18-,19+/m0/s1. The number of carbonyl (C=O) groups is 3. The quantitative estimate of drug-likeness (QED) is 0.447. The molecule has 30 heavy (non-hydrogen) atoms. The maximum absolute atomic E-state index is 12.8.